The Morgan fingerprint density at radius 2 is 1.89 bits per heavy atom. The van der Waals surface area contributed by atoms with Gasteiger partial charge in [-0.25, -0.2) is 0 Å². The highest BCUT2D eigenvalue weighted by molar-refractivity contribution is 9.10. The van der Waals surface area contributed by atoms with E-state index < -0.39 is 0 Å². The van der Waals surface area contributed by atoms with Crippen molar-refractivity contribution >= 4 is 27.7 Å². The molecule has 4 rings (SSSR count). The summed E-state index contributed by atoms with van der Waals surface area (Å²) in [4.78, 5) is 0. The average Bonchev–Trinajstić information content (AvgIpc) is 3.45. The Morgan fingerprint density at radius 3 is 2.64 bits per heavy atom. The van der Waals surface area contributed by atoms with E-state index in [4.69, 9.17) is 8.83 Å². The highest BCUT2D eigenvalue weighted by atomic mass is 79.9. The second-order valence-corrected chi connectivity index (χ2v) is 7.76. The van der Waals surface area contributed by atoms with Gasteiger partial charge in [-0.3, -0.25) is 0 Å². The normalized spacial score (nSPS) is 11.2. The van der Waals surface area contributed by atoms with Gasteiger partial charge in [-0.2, -0.15) is 4.68 Å². The Balaban J connectivity index is 1.43. The van der Waals surface area contributed by atoms with E-state index in [1.54, 1.807) is 16.8 Å². The number of hydrogen-bond donors (Lipinski definition) is 0. The second kappa shape index (κ2) is 8.70. The predicted octanol–water partition coefficient (Wildman–Crippen LogP) is 4.70. The van der Waals surface area contributed by atoms with Crippen LogP contribution in [0.3, 0.4) is 0 Å². The van der Waals surface area contributed by atoms with E-state index in [1.807, 2.05) is 12.1 Å². The van der Waals surface area contributed by atoms with Crippen LogP contribution < -0.4 is 0 Å². The fourth-order valence-corrected chi connectivity index (χ4v) is 3.62. The molecule has 0 atom stereocenters. The number of nitrogens with zero attached hydrogens (tertiary/aromatic N) is 6. The van der Waals surface area contributed by atoms with Crippen molar-refractivity contribution in [3.05, 3.63) is 52.5 Å². The smallest absolute Gasteiger partial charge is 0.283 e. The summed E-state index contributed by atoms with van der Waals surface area (Å²) in [5, 5.41) is 20.7. The van der Waals surface area contributed by atoms with Crippen LogP contribution in [0, 0.1) is 0 Å². The molecule has 0 aliphatic heterocycles. The van der Waals surface area contributed by atoms with Gasteiger partial charge in [-0.05, 0) is 69.0 Å². The summed E-state index contributed by atoms with van der Waals surface area (Å²) in [6.07, 6.45) is 3.45. The minimum atomic E-state index is 0.337. The number of thioether (sulfide) groups is 1. The molecule has 4 aromatic rings. The molecule has 1 aromatic carbocycles. The van der Waals surface area contributed by atoms with E-state index in [1.165, 1.54) is 30.2 Å². The van der Waals surface area contributed by atoms with Gasteiger partial charge in [-0.15, -0.1) is 15.3 Å². The lowest BCUT2D eigenvalue weighted by atomic mass is 10.1. The molecular weight excluding hydrogens is 444 g/mol. The highest BCUT2D eigenvalue weighted by Gasteiger charge is 2.15. The number of furan rings is 1. The van der Waals surface area contributed by atoms with E-state index >= 15 is 0 Å². The first-order chi connectivity index (χ1) is 13.7. The maximum absolute atomic E-state index is 5.64. The molecule has 8 nitrogen and oxygen atoms in total. The zero-order chi connectivity index (χ0) is 19.3. The molecule has 0 saturated heterocycles. The summed E-state index contributed by atoms with van der Waals surface area (Å²) in [6.45, 7) is 2.19. The molecule has 0 aliphatic carbocycles. The number of rotatable bonds is 8. The molecule has 3 aromatic heterocycles. The van der Waals surface area contributed by atoms with Crippen LogP contribution in [0.15, 0.2) is 55.1 Å². The Kier molecular flexibility index (Phi) is 5.87. The maximum Gasteiger partial charge on any atom is 0.283 e. The number of hydrogen-bond acceptors (Lipinski definition) is 8. The number of halogens is 1. The molecule has 28 heavy (non-hydrogen) atoms. The Labute approximate surface area is 173 Å². The van der Waals surface area contributed by atoms with Crippen molar-refractivity contribution in [1.29, 1.82) is 0 Å². The molecule has 10 heteroatoms. The van der Waals surface area contributed by atoms with Gasteiger partial charge >= 0.3 is 0 Å². The molecule has 0 fully saturated rings. The van der Waals surface area contributed by atoms with Gasteiger partial charge in [0.2, 0.25) is 11.0 Å². The zero-order valence-corrected chi connectivity index (χ0v) is 17.5. The summed E-state index contributed by atoms with van der Waals surface area (Å²) in [5.74, 6) is 1.77. The number of benzene rings is 1. The first kappa shape index (κ1) is 18.9. The van der Waals surface area contributed by atoms with E-state index in [-0.39, 0.29) is 0 Å². The minimum absolute atomic E-state index is 0.337. The quantitative estimate of drug-likeness (QED) is 0.349. The van der Waals surface area contributed by atoms with Crippen LogP contribution in [0.1, 0.15) is 31.2 Å². The average molecular weight is 461 g/mol. The molecule has 0 N–H and O–H groups in total. The molecule has 0 saturated carbocycles. The van der Waals surface area contributed by atoms with Gasteiger partial charge in [0.15, 0.2) is 10.4 Å². The third-order valence-electron chi connectivity index (χ3n) is 4.02. The standard InChI is InChI=1S/C18H17BrN6O2S/c1-2-3-4-12-5-7-13(8-6-12)25-18(22-23-24-25)28-11-16-20-21-17(27-16)14-9-10-15(19)26-14/h5-10H,2-4,11H2,1H3. The Morgan fingerprint density at radius 1 is 1.04 bits per heavy atom. The van der Waals surface area contributed by atoms with Crippen molar-refractivity contribution in [2.75, 3.05) is 0 Å². The summed E-state index contributed by atoms with van der Waals surface area (Å²) in [6, 6.07) is 11.8. The molecule has 0 unspecified atom stereocenters. The maximum atomic E-state index is 5.64. The van der Waals surface area contributed by atoms with Gasteiger partial charge in [-0.1, -0.05) is 37.2 Å². The third kappa shape index (κ3) is 4.33. The number of tetrazole rings is 1. The second-order valence-electron chi connectivity index (χ2n) is 6.04. The molecule has 0 aliphatic rings. The van der Waals surface area contributed by atoms with E-state index in [0.717, 1.165) is 12.1 Å². The largest absolute Gasteiger partial charge is 0.444 e. The molecule has 0 radical (unpaired) electrons. The van der Waals surface area contributed by atoms with Crippen molar-refractivity contribution in [2.24, 2.45) is 0 Å². The van der Waals surface area contributed by atoms with Crippen molar-refractivity contribution in [1.82, 2.24) is 30.4 Å². The summed E-state index contributed by atoms with van der Waals surface area (Å²) >= 11 is 4.68. The van der Waals surface area contributed by atoms with Gasteiger partial charge in [0.1, 0.15) is 0 Å². The molecule has 144 valence electrons. The number of aromatic nitrogens is 6. The van der Waals surface area contributed by atoms with E-state index in [9.17, 15) is 0 Å². The lowest BCUT2D eigenvalue weighted by molar-refractivity contribution is 0.486. The molecule has 3 heterocycles. The first-order valence-corrected chi connectivity index (χ1v) is 10.6. The number of unbranched alkanes of at least 4 members (excludes halogenated alkanes) is 1. The minimum Gasteiger partial charge on any atom is -0.444 e. The van der Waals surface area contributed by atoms with E-state index in [2.05, 4.69) is 60.7 Å². The van der Waals surface area contributed by atoms with Gasteiger partial charge in [0, 0.05) is 0 Å². The van der Waals surface area contributed by atoms with Crippen LogP contribution in [0.4, 0.5) is 0 Å². The van der Waals surface area contributed by atoms with Crippen LogP contribution in [-0.4, -0.2) is 30.4 Å². The summed E-state index contributed by atoms with van der Waals surface area (Å²) in [5.41, 5.74) is 2.23. The monoisotopic (exact) mass is 460 g/mol. The van der Waals surface area contributed by atoms with Crippen molar-refractivity contribution in [3.63, 3.8) is 0 Å². The zero-order valence-electron chi connectivity index (χ0n) is 15.1. The highest BCUT2D eigenvalue weighted by Crippen LogP contribution is 2.26. The fourth-order valence-electron chi connectivity index (χ4n) is 2.58. The third-order valence-corrected chi connectivity index (χ3v) is 5.35. The molecule has 0 spiro atoms. The van der Waals surface area contributed by atoms with Crippen molar-refractivity contribution in [2.45, 2.75) is 37.1 Å². The molecular formula is C18H17BrN6O2S. The Hall–Kier alpha value is -2.46. The van der Waals surface area contributed by atoms with Crippen LogP contribution in [0.5, 0.6) is 0 Å². The number of aryl methyl sites for hydroxylation is 1. The fraction of sp³-hybridized carbons (Fsp3) is 0.278. The van der Waals surface area contributed by atoms with Crippen LogP contribution in [-0.2, 0) is 12.2 Å². The van der Waals surface area contributed by atoms with Crippen LogP contribution in [0.25, 0.3) is 17.3 Å². The lowest BCUT2D eigenvalue weighted by Gasteiger charge is -2.05. The molecule has 0 bridgehead atoms. The summed E-state index contributed by atoms with van der Waals surface area (Å²) in [7, 11) is 0. The topological polar surface area (TPSA) is 95.7 Å². The molecule has 0 amide bonds. The van der Waals surface area contributed by atoms with Crippen molar-refractivity contribution < 1.29 is 8.83 Å². The van der Waals surface area contributed by atoms with Gasteiger partial charge < -0.3 is 8.83 Å². The SMILES string of the molecule is CCCCc1ccc(-n2nnnc2SCc2nnc(-c3ccc(Br)o3)o2)cc1. The van der Waals surface area contributed by atoms with E-state index in [0.29, 0.717) is 33.1 Å². The van der Waals surface area contributed by atoms with Crippen molar-refractivity contribution in [3.8, 4) is 17.3 Å². The van der Waals surface area contributed by atoms with Gasteiger partial charge in [0.05, 0.1) is 11.4 Å². The Bertz CT molecular complexity index is 1040. The van der Waals surface area contributed by atoms with Crippen LogP contribution in [0.2, 0.25) is 0 Å². The first-order valence-electron chi connectivity index (χ1n) is 8.81. The van der Waals surface area contributed by atoms with Crippen LogP contribution >= 0.6 is 27.7 Å². The lowest BCUT2D eigenvalue weighted by Crippen LogP contribution is -1.99. The predicted molar refractivity (Wildman–Crippen MR) is 107 cm³/mol. The summed E-state index contributed by atoms with van der Waals surface area (Å²) < 4.78 is 13.4. The van der Waals surface area contributed by atoms with Gasteiger partial charge in [0.25, 0.3) is 5.89 Å².